The van der Waals surface area contributed by atoms with E-state index in [2.05, 4.69) is 10.3 Å². The first-order chi connectivity index (χ1) is 11.6. The van der Waals surface area contributed by atoms with Crippen LogP contribution < -0.4 is 14.8 Å². The molecule has 0 saturated heterocycles. The second kappa shape index (κ2) is 7.57. The fourth-order valence-corrected chi connectivity index (χ4v) is 2.94. The third-order valence-corrected chi connectivity index (χ3v) is 3.96. The van der Waals surface area contributed by atoms with Crippen molar-refractivity contribution >= 4 is 17.5 Å². The van der Waals surface area contributed by atoms with Crippen LogP contribution >= 0.6 is 11.6 Å². The Hall–Kier alpha value is -2.21. The van der Waals surface area contributed by atoms with Gasteiger partial charge < -0.3 is 19.4 Å². The summed E-state index contributed by atoms with van der Waals surface area (Å²) < 4.78 is 13.2. The van der Waals surface area contributed by atoms with Crippen LogP contribution in [0.15, 0.2) is 30.9 Å². The number of ether oxygens (including phenoxy) is 2. The molecule has 1 aliphatic heterocycles. The molecule has 0 saturated carbocycles. The third kappa shape index (κ3) is 4.20. The van der Waals surface area contributed by atoms with Gasteiger partial charge in [-0.1, -0.05) is 11.6 Å². The fraction of sp³-hybridized carbons (Fsp3) is 0.412. The van der Waals surface area contributed by atoms with Crippen LogP contribution in [0.25, 0.3) is 0 Å². The summed E-state index contributed by atoms with van der Waals surface area (Å²) in [4.78, 5) is 16.2. The number of carbonyl (C=O) groups excluding carboxylic acids is 1. The number of hydrogen-bond donors (Lipinski definition) is 1. The number of imidazole rings is 1. The molecule has 0 spiro atoms. The van der Waals surface area contributed by atoms with Gasteiger partial charge in [0.2, 0.25) is 5.91 Å². The lowest BCUT2D eigenvalue weighted by Gasteiger charge is -2.15. The van der Waals surface area contributed by atoms with E-state index in [9.17, 15) is 4.79 Å². The number of nitrogens with one attached hydrogen (secondary N) is 1. The average molecular weight is 350 g/mol. The van der Waals surface area contributed by atoms with Crippen molar-refractivity contribution in [1.29, 1.82) is 0 Å². The molecule has 2 aromatic rings. The molecule has 1 atom stereocenters. The SMILES string of the molecule is C[C@H](Cn1ccnc1)NC(=O)Cc1cc(Cl)c2c(c1)OCCCO2. The molecule has 0 aliphatic carbocycles. The van der Waals surface area contributed by atoms with Gasteiger partial charge in [-0.15, -0.1) is 0 Å². The van der Waals surface area contributed by atoms with E-state index in [0.29, 0.717) is 36.3 Å². The highest BCUT2D eigenvalue weighted by atomic mass is 35.5. The van der Waals surface area contributed by atoms with Gasteiger partial charge in [0.05, 0.1) is 31.0 Å². The standard InChI is InChI=1S/C17H20ClN3O3/c1-12(10-21-4-3-19-11-21)20-16(22)9-13-7-14(18)17-15(8-13)23-5-2-6-24-17/h3-4,7-8,11-12H,2,5-6,9-10H2,1H3,(H,20,22)/t12-/m1/s1. The van der Waals surface area contributed by atoms with E-state index < -0.39 is 0 Å². The second-order valence-electron chi connectivity index (χ2n) is 5.86. The van der Waals surface area contributed by atoms with E-state index >= 15 is 0 Å². The van der Waals surface area contributed by atoms with Gasteiger partial charge >= 0.3 is 0 Å². The van der Waals surface area contributed by atoms with Crippen molar-refractivity contribution in [3.63, 3.8) is 0 Å². The second-order valence-corrected chi connectivity index (χ2v) is 6.27. The van der Waals surface area contributed by atoms with Crippen LogP contribution in [0, 0.1) is 0 Å². The highest BCUT2D eigenvalue weighted by Crippen LogP contribution is 2.38. The lowest BCUT2D eigenvalue weighted by molar-refractivity contribution is -0.121. The first kappa shape index (κ1) is 16.6. The fourth-order valence-electron chi connectivity index (χ4n) is 2.65. The van der Waals surface area contributed by atoms with E-state index in [1.165, 1.54) is 0 Å². The molecule has 2 heterocycles. The van der Waals surface area contributed by atoms with Gasteiger partial charge in [-0.25, -0.2) is 4.98 Å². The lowest BCUT2D eigenvalue weighted by atomic mass is 10.1. The number of fused-ring (bicyclic) bond motifs is 1. The van der Waals surface area contributed by atoms with Crippen molar-refractivity contribution in [2.75, 3.05) is 13.2 Å². The first-order valence-corrected chi connectivity index (χ1v) is 8.33. The molecule has 1 amide bonds. The summed E-state index contributed by atoms with van der Waals surface area (Å²) >= 11 is 6.26. The zero-order valence-corrected chi connectivity index (χ0v) is 14.3. The predicted octanol–water partition coefficient (Wildman–Crippen LogP) is 2.45. The molecule has 1 aromatic heterocycles. The maximum atomic E-state index is 12.2. The van der Waals surface area contributed by atoms with E-state index in [4.69, 9.17) is 21.1 Å². The number of benzene rings is 1. The molecule has 1 aromatic carbocycles. The minimum Gasteiger partial charge on any atom is -0.489 e. The van der Waals surface area contributed by atoms with Gasteiger partial charge in [0.25, 0.3) is 0 Å². The van der Waals surface area contributed by atoms with Crippen LogP contribution in [0.4, 0.5) is 0 Å². The van der Waals surface area contributed by atoms with Gasteiger partial charge in [-0.3, -0.25) is 4.79 Å². The number of aromatic nitrogens is 2. The molecule has 6 nitrogen and oxygen atoms in total. The number of halogens is 1. The molecular weight excluding hydrogens is 330 g/mol. The van der Waals surface area contributed by atoms with Crippen molar-refractivity contribution in [3.05, 3.63) is 41.4 Å². The van der Waals surface area contributed by atoms with E-state index in [1.807, 2.05) is 23.8 Å². The molecule has 0 fully saturated rings. The van der Waals surface area contributed by atoms with Crippen molar-refractivity contribution < 1.29 is 14.3 Å². The number of carbonyl (C=O) groups is 1. The van der Waals surface area contributed by atoms with Crippen molar-refractivity contribution in [2.45, 2.75) is 32.4 Å². The van der Waals surface area contributed by atoms with Crippen molar-refractivity contribution in [2.24, 2.45) is 0 Å². The molecule has 0 radical (unpaired) electrons. The normalized spacial score (nSPS) is 14.8. The smallest absolute Gasteiger partial charge is 0.224 e. The highest BCUT2D eigenvalue weighted by Gasteiger charge is 2.17. The molecule has 128 valence electrons. The van der Waals surface area contributed by atoms with Gasteiger partial charge in [0.1, 0.15) is 0 Å². The summed E-state index contributed by atoms with van der Waals surface area (Å²) in [7, 11) is 0. The van der Waals surface area contributed by atoms with Crippen LogP contribution in [-0.4, -0.2) is 34.7 Å². The molecule has 0 bridgehead atoms. The molecule has 1 N–H and O–H groups in total. The maximum absolute atomic E-state index is 12.2. The molecular formula is C17H20ClN3O3. The van der Waals surface area contributed by atoms with Crippen molar-refractivity contribution in [3.8, 4) is 11.5 Å². The number of nitrogens with zero attached hydrogens (tertiary/aromatic N) is 2. The summed E-state index contributed by atoms with van der Waals surface area (Å²) in [6.45, 7) is 3.80. The van der Waals surface area contributed by atoms with Gasteiger partial charge in [0, 0.05) is 31.4 Å². The van der Waals surface area contributed by atoms with E-state index in [-0.39, 0.29) is 18.4 Å². The quantitative estimate of drug-likeness (QED) is 0.900. The van der Waals surface area contributed by atoms with Crippen LogP contribution in [0.3, 0.4) is 0 Å². The summed E-state index contributed by atoms with van der Waals surface area (Å²) in [6, 6.07) is 3.59. The van der Waals surface area contributed by atoms with Gasteiger partial charge in [0.15, 0.2) is 11.5 Å². The minimum absolute atomic E-state index is 0.00239. The molecule has 3 rings (SSSR count). The molecule has 7 heteroatoms. The Morgan fingerprint density at radius 1 is 1.42 bits per heavy atom. The third-order valence-electron chi connectivity index (χ3n) is 3.68. The Bertz CT molecular complexity index is 703. The Kier molecular flexibility index (Phi) is 5.25. The van der Waals surface area contributed by atoms with Gasteiger partial charge in [-0.05, 0) is 24.6 Å². The Morgan fingerprint density at radius 3 is 3.04 bits per heavy atom. The van der Waals surface area contributed by atoms with Crippen LogP contribution in [-0.2, 0) is 17.8 Å². The lowest BCUT2D eigenvalue weighted by Crippen LogP contribution is -2.36. The molecule has 1 aliphatic rings. The van der Waals surface area contributed by atoms with E-state index in [0.717, 1.165) is 12.0 Å². The molecule has 0 unspecified atom stereocenters. The Balaban J connectivity index is 1.62. The van der Waals surface area contributed by atoms with Crippen molar-refractivity contribution in [1.82, 2.24) is 14.9 Å². The van der Waals surface area contributed by atoms with Crippen LogP contribution in [0.1, 0.15) is 18.9 Å². The highest BCUT2D eigenvalue weighted by molar-refractivity contribution is 6.32. The van der Waals surface area contributed by atoms with Gasteiger partial charge in [-0.2, -0.15) is 0 Å². The van der Waals surface area contributed by atoms with E-state index in [1.54, 1.807) is 18.6 Å². The zero-order valence-electron chi connectivity index (χ0n) is 13.5. The summed E-state index contributed by atoms with van der Waals surface area (Å²) in [5.74, 6) is 1.11. The summed E-state index contributed by atoms with van der Waals surface area (Å²) in [5.41, 5.74) is 0.802. The average Bonchev–Trinajstić information content (AvgIpc) is 2.90. The maximum Gasteiger partial charge on any atom is 0.224 e. The monoisotopic (exact) mass is 349 g/mol. The number of rotatable bonds is 5. The Labute approximate surface area is 145 Å². The summed E-state index contributed by atoms with van der Waals surface area (Å²) in [5, 5.41) is 3.45. The largest absolute Gasteiger partial charge is 0.489 e. The molecule has 24 heavy (non-hydrogen) atoms. The van der Waals surface area contributed by atoms with Crippen LogP contribution in [0.2, 0.25) is 5.02 Å². The predicted molar refractivity (Wildman–Crippen MR) is 90.6 cm³/mol. The number of hydrogen-bond acceptors (Lipinski definition) is 4. The van der Waals surface area contributed by atoms with Crippen LogP contribution in [0.5, 0.6) is 11.5 Å². The minimum atomic E-state index is -0.0619. The first-order valence-electron chi connectivity index (χ1n) is 7.95. The Morgan fingerprint density at radius 2 is 2.25 bits per heavy atom. The zero-order chi connectivity index (χ0) is 16.9. The summed E-state index contributed by atoms with van der Waals surface area (Å²) in [6.07, 6.45) is 6.37. The number of amides is 1. The topological polar surface area (TPSA) is 65.4 Å².